The summed E-state index contributed by atoms with van der Waals surface area (Å²) in [7, 11) is 0. The van der Waals surface area contributed by atoms with Gasteiger partial charge >= 0.3 is 0 Å². The van der Waals surface area contributed by atoms with Gasteiger partial charge in [-0.2, -0.15) is 5.10 Å². The van der Waals surface area contributed by atoms with Crippen molar-refractivity contribution in [1.82, 2.24) is 14.8 Å². The van der Waals surface area contributed by atoms with Gasteiger partial charge in [-0.25, -0.2) is 9.67 Å². The van der Waals surface area contributed by atoms with E-state index in [2.05, 4.69) is 18.9 Å². The van der Waals surface area contributed by atoms with Gasteiger partial charge in [0.1, 0.15) is 0 Å². The fraction of sp³-hybridized carbons (Fsp3) is 0.375. The van der Waals surface area contributed by atoms with E-state index >= 15 is 0 Å². The van der Waals surface area contributed by atoms with Gasteiger partial charge in [0, 0.05) is 27.9 Å². The molecule has 0 aliphatic heterocycles. The number of aryl methyl sites for hydroxylation is 1. The number of nitrogens with zero attached hydrogens (tertiary/aromatic N) is 3. The SMILES string of the molecule is CCn1ncc2c(-c3ccc(Cl)s3)c(CO)c(C(C)C)nc21. The van der Waals surface area contributed by atoms with E-state index in [4.69, 9.17) is 16.6 Å². The molecule has 116 valence electrons. The summed E-state index contributed by atoms with van der Waals surface area (Å²) in [5, 5.41) is 15.3. The van der Waals surface area contributed by atoms with Crippen molar-refractivity contribution in [2.24, 2.45) is 0 Å². The van der Waals surface area contributed by atoms with Crippen LogP contribution < -0.4 is 0 Å². The molecule has 0 aromatic carbocycles. The highest BCUT2D eigenvalue weighted by Gasteiger charge is 2.21. The number of hydrogen-bond donors (Lipinski definition) is 1. The van der Waals surface area contributed by atoms with Crippen LogP contribution >= 0.6 is 22.9 Å². The van der Waals surface area contributed by atoms with Crippen molar-refractivity contribution < 1.29 is 5.11 Å². The quantitative estimate of drug-likeness (QED) is 0.766. The second kappa shape index (κ2) is 5.99. The maximum Gasteiger partial charge on any atom is 0.158 e. The topological polar surface area (TPSA) is 50.9 Å². The van der Waals surface area contributed by atoms with Crippen LogP contribution in [0.1, 0.15) is 37.9 Å². The van der Waals surface area contributed by atoms with Crippen LogP contribution in [0.4, 0.5) is 0 Å². The average Bonchev–Trinajstić information content (AvgIpc) is 3.10. The number of thiophene rings is 1. The Balaban J connectivity index is 2.42. The van der Waals surface area contributed by atoms with Gasteiger partial charge in [-0.1, -0.05) is 25.4 Å². The number of aliphatic hydroxyl groups excluding tert-OH is 1. The Morgan fingerprint density at radius 3 is 2.68 bits per heavy atom. The molecule has 6 heteroatoms. The minimum absolute atomic E-state index is 0.0430. The molecule has 0 aliphatic rings. The second-order valence-corrected chi connectivity index (χ2v) is 7.18. The zero-order chi connectivity index (χ0) is 15.9. The Bertz CT molecular complexity index is 822. The minimum atomic E-state index is -0.0430. The summed E-state index contributed by atoms with van der Waals surface area (Å²) in [5.41, 5.74) is 3.66. The first-order chi connectivity index (χ1) is 10.6. The summed E-state index contributed by atoms with van der Waals surface area (Å²) in [6, 6.07) is 3.88. The van der Waals surface area contributed by atoms with E-state index in [-0.39, 0.29) is 12.5 Å². The van der Waals surface area contributed by atoms with Crippen LogP contribution in [0.2, 0.25) is 4.34 Å². The number of hydrogen-bond acceptors (Lipinski definition) is 4. The largest absolute Gasteiger partial charge is 0.392 e. The molecule has 0 saturated heterocycles. The minimum Gasteiger partial charge on any atom is -0.392 e. The van der Waals surface area contributed by atoms with Gasteiger partial charge in [0.15, 0.2) is 5.65 Å². The Labute approximate surface area is 138 Å². The van der Waals surface area contributed by atoms with Crippen molar-refractivity contribution >= 4 is 34.0 Å². The number of aliphatic hydroxyl groups is 1. The van der Waals surface area contributed by atoms with E-state index in [1.165, 1.54) is 11.3 Å². The summed E-state index contributed by atoms with van der Waals surface area (Å²) in [5.74, 6) is 0.223. The van der Waals surface area contributed by atoms with Gasteiger partial charge < -0.3 is 5.11 Å². The van der Waals surface area contributed by atoms with Crippen molar-refractivity contribution in [1.29, 1.82) is 0 Å². The van der Waals surface area contributed by atoms with Crippen LogP contribution in [0, 0.1) is 0 Å². The van der Waals surface area contributed by atoms with Gasteiger partial charge in [-0.3, -0.25) is 0 Å². The highest BCUT2D eigenvalue weighted by molar-refractivity contribution is 7.19. The second-order valence-electron chi connectivity index (χ2n) is 5.46. The van der Waals surface area contributed by atoms with Crippen LogP contribution in [0.5, 0.6) is 0 Å². The number of aromatic nitrogens is 3. The van der Waals surface area contributed by atoms with Gasteiger partial charge in [-0.05, 0) is 25.0 Å². The Morgan fingerprint density at radius 2 is 2.14 bits per heavy atom. The molecule has 3 aromatic rings. The summed E-state index contributed by atoms with van der Waals surface area (Å²) in [4.78, 5) is 5.82. The highest BCUT2D eigenvalue weighted by atomic mass is 35.5. The zero-order valence-electron chi connectivity index (χ0n) is 12.8. The molecule has 0 fully saturated rings. The molecule has 22 heavy (non-hydrogen) atoms. The zero-order valence-corrected chi connectivity index (χ0v) is 14.4. The number of halogens is 1. The van der Waals surface area contributed by atoms with Crippen molar-refractivity contribution in [3.05, 3.63) is 33.9 Å². The summed E-state index contributed by atoms with van der Waals surface area (Å²) in [6.45, 7) is 6.94. The average molecular weight is 336 g/mol. The van der Waals surface area contributed by atoms with E-state index in [1.807, 2.05) is 29.9 Å². The lowest BCUT2D eigenvalue weighted by molar-refractivity contribution is 0.280. The molecule has 1 N–H and O–H groups in total. The summed E-state index contributed by atoms with van der Waals surface area (Å²) in [6.07, 6.45) is 1.83. The normalized spacial score (nSPS) is 11.7. The molecule has 0 amide bonds. The molecule has 0 atom stereocenters. The van der Waals surface area contributed by atoms with Crippen LogP contribution in [0.15, 0.2) is 18.3 Å². The maximum atomic E-state index is 9.94. The molecular weight excluding hydrogens is 318 g/mol. The van der Waals surface area contributed by atoms with E-state index < -0.39 is 0 Å². The third-order valence-electron chi connectivity index (χ3n) is 3.74. The Hall–Kier alpha value is -1.43. The molecule has 0 spiro atoms. The first-order valence-corrected chi connectivity index (χ1v) is 8.51. The third kappa shape index (κ3) is 2.43. The predicted octanol–water partition coefficient (Wildman–Crippen LogP) is 4.45. The standard InChI is InChI=1S/C16H18ClN3OS/c1-4-20-16-10(7-18-20)14(12-5-6-13(17)22-12)11(8-21)15(19-16)9(2)3/h5-7,9,21H,4,8H2,1-3H3. The highest BCUT2D eigenvalue weighted by Crippen LogP contribution is 2.39. The molecule has 0 radical (unpaired) electrons. The van der Waals surface area contributed by atoms with Crippen LogP contribution in [-0.2, 0) is 13.2 Å². The van der Waals surface area contributed by atoms with Crippen molar-refractivity contribution in [3.8, 4) is 10.4 Å². The summed E-state index contributed by atoms with van der Waals surface area (Å²) < 4.78 is 2.62. The van der Waals surface area contributed by atoms with E-state index in [9.17, 15) is 5.11 Å². The smallest absolute Gasteiger partial charge is 0.158 e. The first-order valence-electron chi connectivity index (χ1n) is 7.31. The lowest BCUT2D eigenvalue weighted by Crippen LogP contribution is -2.06. The number of fused-ring (bicyclic) bond motifs is 1. The molecule has 3 aromatic heterocycles. The van der Waals surface area contributed by atoms with Crippen molar-refractivity contribution in [2.45, 2.75) is 39.8 Å². The van der Waals surface area contributed by atoms with E-state index in [1.54, 1.807) is 0 Å². The van der Waals surface area contributed by atoms with Crippen LogP contribution in [0.25, 0.3) is 21.5 Å². The molecule has 3 heterocycles. The van der Waals surface area contributed by atoms with Crippen molar-refractivity contribution in [3.63, 3.8) is 0 Å². The predicted molar refractivity (Wildman–Crippen MR) is 91.5 cm³/mol. The molecule has 0 bridgehead atoms. The van der Waals surface area contributed by atoms with Gasteiger partial charge in [-0.15, -0.1) is 11.3 Å². The summed E-state index contributed by atoms with van der Waals surface area (Å²) >= 11 is 7.62. The monoisotopic (exact) mass is 335 g/mol. The Morgan fingerprint density at radius 1 is 1.36 bits per heavy atom. The third-order valence-corrected chi connectivity index (χ3v) is 4.99. The van der Waals surface area contributed by atoms with Gasteiger partial charge in [0.2, 0.25) is 0 Å². The fourth-order valence-electron chi connectivity index (χ4n) is 2.74. The van der Waals surface area contributed by atoms with E-state index in [0.29, 0.717) is 0 Å². The van der Waals surface area contributed by atoms with Crippen LogP contribution in [-0.4, -0.2) is 19.9 Å². The lowest BCUT2D eigenvalue weighted by atomic mass is 9.96. The molecule has 0 saturated carbocycles. The molecule has 3 rings (SSSR count). The Kier molecular flexibility index (Phi) is 4.21. The molecule has 0 aliphatic carbocycles. The molecule has 4 nitrogen and oxygen atoms in total. The van der Waals surface area contributed by atoms with Gasteiger partial charge in [0.05, 0.1) is 22.8 Å². The number of pyridine rings is 1. The maximum absolute atomic E-state index is 9.94. The first kappa shape index (κ1) is 15.5. The lowest BCUT2D eigenvalue weighted by Gasteiger charge is -2.15. The van der Waals surface area contributed by atoms with E-state index in [0.717, 1.165) is 43.6 Å². The van der Waals surface area contributed by atoms with Crippen LogP contribution in [0.3, 0.4) is 0 Å². The number of rotatable bonds is 4. The van der Waals surface area contributed by atoms with Crippen molar-refractivity contribution in [2.75, 3.05) is 0 Å². The fourth-order valence-corrected chi connectivity index (χ4v) is 3.87. The van der Waals surface area contributed by atoms with Gasteiger partial charge in [0.25, 0.3) is 0 Å². The molecule has 0 unspecified atom stereocenters. The molecular formula is C16H18ClN3OS.